The number of alkyl halides is 1. The number of benzene rings is 1. The monoisotopic (exact) mass is 228 g/mol. The Morgan fingerprint density at radius 2 is 2.25 bits per heavy atom. The average molecular weight is 228 g/mol. The zero-order valence-electron chi connectivity index (χ0n) is 8.81. The second-order valence-corrected chi connectivity index (χ2v) is 3.77. The molecule has 88 valence electrons. The maximum Gasteiger partial charge on any atom is 0.306 e. The van der Waals surface area contributed by atoms with Crippen LogP contribution in [0.5, 0.6) is 11.5 Å². The van der Waals surface area contributed by atoms with E-state index in [9.17, 15) is 9.18 Å². The number of halogens is 1. The van der Waals surface area contributed by atoms with Crippen LogP contribution in [0.3, 0.4) is 0 Å². The SMILES string of the molecule is CC(F)(COc1cccc(O)c1)CC(=O)O. The third-order valence-corrected chi connectivity index (χ3v) is 1.88. The molecule has 1 aromatic carbocycles. The summed E-state index contributed by atoms with van der Waals surface area (Å²) in [7, 11) is 0. The van der Waals surface area contributed by atoms with E-state index in [1.165, 1.54) is 12.1 Å². The lowest BCUT2D eigenvalue weighted by Gasteiger charge is -2.18. The molecule has 1 aromatic rings. The summed E-state index contributed by atoms with van der Waals surface area (Å²) >= 11 is 0. The van der Waals surface area contributed by atoms with Crippen molar-refractivity contribution in [3.05, 3.63) is 24.3 Å². The van der Waals surface area contributed by atoms with Gasteiger partial charge < -0.3 is 14.9 Å². The van der Waals surface area contributed by atoms with Gasteiger partial charge in [-0.1, -0.05) is 6.07 Å². The van der Waals surface area contributed by atoms with Gasteiger partial charge >= 0.3 is 5.97 Å². The molecule has 0 amide bonds. The van der Waals surface area contributed by atoms with Crippen molar-refractivity contribution in [3.63, 3.8) is 0 Å². The minimum Gasteiger partial charge on any atom is -0.508 e. The maximum absolute atomic E-state index is 13.6. The Labute approximate surface area is 92.3 Å². The van der Waals surface area contributed by atoms with Crippen LogP contribution in [0.2, 0.25) is 0 Å². The van der Waals surface area contributed by atoms with E-state index in [0.29, 0.717) is 5.75 Å². The number of rotatable bonds is 5. The number of hydrogen-bond donors (Lipinski definition) is 2. The van der Waals surface area contributed by atoms with Crippen LogP contribution in [0.4, 0.5) is 4.39 Å². The summed E-state index contributed by atoms with van der Waals surface area (Å²) in [5.41, 5.74) is -1.93. The molecule has 2 N–H and O–H groups in total. The smallest absolute Gasteiger partial charge is 0.306 e. The minimum absolute atomic E-state index is 0.0105. The van der Waals surface area contributed by atoms with Crippen molar-refractivity contribution in [2.24, 2.45) is 0 Å². The van der Waals surface area contributed by atoms with Gasteiger partial charge in [0.2, 0.25) is 0 Å². The Kier molecular flexibility index (Phi) is 3.71. The van der Waals surface area contributed by atoms with E-state index in [4.69, 9.17) is 14.9 Å². The Bertz CT molecular complexity index is 376. The van der Waals surface area contributed by atoms with E-state index in [0.717, 1.165) is 6.92 Å². The lowest BCUT2D eigenvalue weighted by atomic mass is 10.1. The highest BCUT2D eigenvalue weighted by Crippen LogP contribution is 2.21. The van der Waals surface area contributed by atoms with Gasteiger partial charge in [0.05, 0.1) is 6.42 Å². The number of aliphatic carboxylic acids is 1. The lowest BCUT2D eigenvalue weighted by Crippen LogP contribution is -2.30. The molecule has 0 aliphatic heterocycles. The van der Waals surface area contributed by atoms with Crippen LogP contribution < -0.4 is 4.74 Å². The van der Waals surface area contributed by atoms with Crippen LogP contribution in [-0.2, 0) is 4.79 Å². The first-order valence-corrected chi connectivity index (χ1v) is 4.72. The van der Waals surface area contributed by atoms with Crippen molar-refractivity contribution >= 4 is 5.97 Å². The molecule has 16 heavy (non-hydrogen) atoms. The van der Waals surface area contributed by atoms with Crippen LogP contribution in [-0.4, -0.2) is 28.5 Å². The Balaban J connectivity index is 2.54. The summed E-state index contributed by atoms with van der Waals surface area (Å²) < 4.78 is 18.6. The predicted octanol–water partition coefficient (Wildman–Crippen LogP) is 1.97. The summed E-state index contributed by atoms with van der Waals surface area (Å²) in [4.78, 5) is 10.3. The summed E-state index contributed by atoms with van der Waals surface area (Å²) in [6.45, 7) is 0.784. The molecule has 0 aromatic heterocycles. The average Bonchev–Trinajstić information content (AvgIpc) is 2.13. The molecule has 0 aliphatic rings. The van der Waals surface area contributed by atoms with Crippen LogP contribution in [0.15, 0.2) is 24.3 Å². The first-order chi connectivity index (χ1) is 7.39. The molecule has 0 aliphatic carbocycles. The molecule has 0 bridgehead atoms. The fourth-order valence-corrected chi connectivity index (χ4v) is 1.17. The fourth-order valence-electron chi connectivity index (χ4n) is 1.17. The zero-order chi connectivity index (χ0) is 12.2. The second kappa shape index (κ2) is 4.83. The third-order valence-electron chi connectivity index (χ3n) is 1.88. The number of carboxylic acid groups (broad SMARTS) is 1. The van der Waals surface area contributed by atoms with E-state index in [2.05, 4.69) is 0 Å². The van der Waals surface area contributed by atoms with Crippen molar-refractivity contribution in [1.29, 1.82) is 0 Å². The number of ether oxygens (including phenoxy) is 1. The van der Waals surface area contributed by atoms with Crippen molar-refractivity contribution in [3.8, 4) is 11.5 Å². The molecular weight excluding hydrogens is 215 g/mol. The molecule has 5 heteroatoms. The van der Waals surface area contributed by atoms with Gasteiger partial charge in [-0.15, -0.1) is 0 Å². The Morgan fingerprint density at radius 3 is 2.81 bits per heavy atom. The highest BCUT2D eigenvalue weighted by Gasteiger charge is 2.27. The number of carboxylic acids is 1. The summed E-state index contributed by atoms with van der Waals surface area (Å²) in [5.74, 6) is -0.907. The number of aromatic hydroxyl groups is 1. The molecular formula is C11H13FO4. The molecule has 1 unspecified atom stereocenters. The van der Waals surface area contributed by atoms with Gasteiger partial charge in [0.1, 0.15) is 18.1 Å². The van der Waals surface area contributed by atoms with Crippen LogP contribution >= 0.6 is 0 Å². The summed E-state index contributed by atoms with van der Waals surface area (Å²) in [6.07, 6.45) is -0.619. The first kappa shape index (κ1) is 12.3. The van der Waals surface area contributed by atoms with Crippen LogP contribution in [0, 0.1) is 0 Å². The number of phenols is 1. The van der Waals surface area contributed by atoms with E-state index >= 15 is 0 Å². The normalized spacial score (nSPS) is 14.1. The van der Waals surface area contributed by atoms with Crippen molar-refractivity contribution in [1.82, 2.24) is 0 Å². The highest BCUT2D eigenvalue weighted by atomic mass is 19.1. The largest absolute Gasteiger partial charge is 0.508 e. The van der Waals surface area contributed by atoms with Gasteiger partial charge in [-0.25, -0.2) is 4.39 Å². The van der Waals surface area contributed by atoms with Gasteiger partial charge in [-0.3, -0.25) is 4.79 Å². The lowest BCUT2D eigenvalue weighted by molar-refractivity contribution is -0.140. The molecule has 1 rings (SSSR count). The summed E-state index contributed by atoms with van der Waals surface area (Å²) in [6, 6.07) is 5.89. The fraction of sp³-hybridized carbons (Fsp3) is 0.364. The zero-order valence-corrected chi connectivity index (χ0v) is 8.81. The Hall–Kier alpha value is -1.78. The predicted molar refractivity (Wildman–Crippen MR) is 55.4 cm³/mol. The molecule has 0 spiro atoms. The van der Waals surface area contributed by atoms with E-state index in [-0.39, 0.29) is 12.4 Å². The quantitative estimate of drug-likeness (QED) is 0.808. The molecule has 1 atom stereocenters. The molecule has 0 saturated heterocycles. The number of hydrogen-bond acceptors (Lipinski definition) is 3. The van der Waals surface area contributed by atoms with Crippen molar-refractivity contribution < 1.29 is 24.1 Å². The third kappa shape index (κ3) is 4.16. The van der Waals surface area contributed by atoms with Gasteiger partial charge in [-0.2, -0.15) is 0 Å². The van der Waals surface area contributed by atoms with E-state index in [1.807, 2.05) is 0 Å². The number of phenolic OH excluding ortho intramolecular Hbond substituents is 1. The van der Waals surface area contributed by atoms with Gasteiger partial charge in [0, 0.05) is 6.07 Å². The van der Waals surface area contributed by atoms with E-state index < -0.39 is 18.1 Å². The standard InChI is InChI=1S/C11H13FO4/c1-11(12,6-10(14)15)7-16-9-4-2-3-8(13)5-9/h2-5,13H,6-7H2,1H3,(H,14,15). The van der Waals surface area contributed by atoms with Crippen molar-refractivity contribution in [2.45, 2.75) is 19.0 Å². The number of carbonyl (C=O) groups is 1. The minimum atomic E-state index is -1.93. The Morgan fingerprint density at radius 1 is 1.56 bits per heavy atom. The van der Waals surface area contributed by atoms with Crippen LogP contribution in [0.25, 0.3) is 0 Å². The van der Waals surface area contributed by atoms with Gasteiger partial charge in [0.25, 0.3) is 0 Å². The first-order valence-electron chi connectivity index (χ1n) is 4.72. The van der Waals surface area contributed by atoms with Gasteiger partial charge in [0.15, 0.2) is 5.67 Å². The molecule has 0 heterocycles. The van der Waals surface area contributed by atoms with E-state index in [1.54, 1.807) is 12.1 Å². The van der Waals surface area contributed by atoms with Crippen LogP contribution in [0.1, 0.15) is 13.3 Å². The second-order valence-electron chi connectivity index (χ2n) is 3.77. The summed E-state index contributed by atoms with van der Waals surface area (Å²) in [5, 5.41) is 17.6. The molecule has 0 saturated carbocycles. The van der Waals surface area contributed by atoms with Crippen molar-refractivity contribution in [2.75, 3.05) is 6.61 Å². The maximum atomic E-state index is 13.6. The van der Waals surface area contributed by atoms with Gasteiger partial charge in [-0.05, 0) is 19.1 Å². The molecule has 4 nitrogen and oxygen atoms in total. The molecule has 0 fully saturated rings. The topological polar surface area (TPSA) is 66.8 Å². The highest BCUT2D eigenvalue weighted by molar-refractivity contribution is 5.68. The molecule has 0 radical (unpaired) electrons.